The Morgan fingerprint density at radius 1 is 0.906 bits per heavy atom. The van der Waals surface area contributed by atoms with Gasteiger partial charge >= 0.3 is 0 Å². The minimum atomic E-state index is -0.465. The average molecular weight is 496 g/mol. The zero-order chi connectivity index (χ0) is 23.1. The number of nitrogens with one attached hydrogen (secondary N) is 2. The van der Waals surface area contributed by atoms with Crippen LogP contribution in [0.2, 0.25) is 0 Å². The van der Waals surface area contributed by atoms with Gasteiger partial charge in [-0.1, -0.05) is 45.8 Å². The van der Waals surface area contributed by atoms with Gasteiger partial charge in [0.15, 0.2) is 0 Å². The van der Waals surface area contributed by atoms with Crippen molar-refractivity contribution in [3.63, 3.8) is 0 Å². The number of ether oxygens (including phenoxy) is 2. The summed E-state index contributed by atoms with van der Waals surface area (Å²) in [5.41, 5.74) is 5.40. The topological polar surface area (TPSA) is 89.0 Å². The van der Waals surface area contributed by atoms with Gasteiger partial charge in [0, 0.05) is 16.1 Å². The van der Waals surface area contributed by atoms with Gasteiger partial charge in [-0.25, -0.2) is 5.43 Å². The van der Waals surface area contributed by atoms with Gasteiger partial charge in [0.1, 0.15) is 11.5 Å². The van der Waals surface area contributed by atoms with Crippen molar-refractivity contribution in [2.75, 3.05) is 19.5 Å². The molecule has 0 saturated carbocycles. The summed E-state index contributed by atoms with van der Waals surface area (Å²) in [5.74, 6) is 0.0809. The van der Waals surface area contributed by atoms with Gasteiger partial charge in [-0.2, -0.15) is 5.10 Å². The molecule has 0 bridgehead atoms. The summed E-state index contributed by atoms with van der Waals surface area (Å²) >= 11 is 3.36. The summed E-state index contributed by atoms with van der Waals surface area (Å²) in [5, 5.41) is 6.78. The Morgan fingerprint density at radius 2 is 1.56 bits per heavy atom. The molecule has 3 aromatic rings. The van der Waals surface area contributed by atoms with E-state index in [0.29, 0.717) is 27.2 Å². The molecule has 2 amide bonds. The van der Waals surface area contributed by atoms with Crippen LogP contribution in [-0.4, -0.2) is 32.2 Å². The highest BCUT2D eigenvalue weighted by molar-refractivity contribution is 9.10. The molecule has 7 nitrogen and oxygen atoms in total. The van der Waals surface area contributed by atoms with Gasteiger partial charge in [-0.3, -0.25) is 9.59 Å². The molecule has 0 aliphatic carbocycles. The standard InChI is InChI=1S/C24H22BrN3O4/c1-15-4-6-16(7-5-15)14-26-28-24(30)21-12-18(25)8-9-22(21)27-23(29)17-10-19(31-2)13-20(11-17)32-3/h4-14H,1-3H3,(H,27,29)(H,28,30)/b26-14+. The maximum Gasteiger partial charge on any atom is 0.273 e. The Bertz CT molecular complexity index is 1140. The van der Waals surface area contributed by atoms with Crippen molar-refractivity contribution < 1.29 is 19.1 Å². The molecule has 164 valence electrons. The van der Waals surface area contributed by atoms with E-state index in [4.69, 9.17) is 9.47 Å². The smallest absolute Gasteiger partial charge is 0.273 e. The first-order valence-corrected chi connectivity index (χ1v) is 10.4. The van der Waals surface area contributed by atoms with E-state index in [0.717, 1.165) is 11.1 Å². The van der Waals surface area contributed by atoms with Crippen molar-refractivity contribution >= 4 is 39.6 Å². The molecule has 0 aromatic heterocycles. The minimum absolute atomic E-state index is 0.253. The van der Waals surface area contributed by atoms with Crippen molar-refractivity contribution in [1.29, 1.82) is 0 Å². The van der Waals surface area contributed by atoms with Gasteiger partial charge in [-0.05, 0) is 42.8 Å². The Hall–Kier alpha value is -3.65. The Labute approximate surface area is 194 Å². The lowest BCUT2D eigenvalue weighted by Gasteiger charge is -2.12. The van der Waals surface area contributed by atoms with Gasteiger partial charge in [0.2, 0.25) is 0 Å². The number of hydrogen-bond donors (Lipinski definition) is 2. The molecule has 0 fully saturated rings. The predicted octanol–water partition coefficient (Wildman–Crippen LogP) is 4.79. The first-order chi connectivity index (χ1) is 15.4. The number of amides is 2. The second kappa shape index (κ2) is 10.6. The maximum atomic E-state index is 12.8. The van der Waals surface area contributed by atoms with Crippen LogP contribution in [0.15, 0.2) is 70.2 Å². The molecular formula is C24H22BrN3O4. The van der Waals surface area contributed by atoms with E-state index in [1.807, 2.05) is 31.2 Å². The molecule has 3 aromatic carbocycles. The van der Waals surface area contributed by atoms with E-state index in [9.17, 15) is 9.59 Å². The van der Waals surface area contributed by atoms with Gasteiger partial charge < -0.3 is 14.8 Å². The number of nitrogens with zero attached hydrogens (tertiary/aromatic N) is 1. The number of carbonyl (C=O) groups is 2. The Kier molecular flexibility index (Phi) is 7.62. The van der Waals surface area contributed by atoms with Crippen LogP contribution in [0.3, 0.4) is 0 Å². The largest absolute Gasteiger partial charge is 0.497 e. The predicted molar refractivity (Wildman–Crippen MR) is 128 cm³/mol. The summed E-state index contributed by atoms with van der Waals surface area (Å²) in [7, 11) is 3.01. The number of rotatable bonds is 7. The third-order valence-electron chi connectivity index (χ3n) is 4.55. The minimum Gasteiger partial charge on any atom is -0.497 e. The van der Waals surface area contributed by atoms with Crippen molar-refractivity contribution in [3.8, 4) is 11.5 Å². The summed E-state index contributed by atoms with van der Waals surface area (Å²) in [6.07, 6.45) is 1.55. The zero-order valence-electron chi connectivity index (χ0n) is 17.8. The van der Waals surface area contributed by atoms with Crippen LogP contribution in [0.1, 0.15) is 31.8 Å². The quantitative estimate of drug-likeness (QED) is 0.364. The number of methoxy groups -OCH3 is 2. The normalized spacial score (nSPS) is 10.6. The SMILES string of the molecule is COc1cc(OC)cc(C(=O)Nc2ccc(Br)cc2C(=O)N/N=C/c2ccc(C)cc2)c1. The molecule has 0 radical (unpaired) electrons. The van der Waals surface area contributed by atoms with Crippen molar-refractivity contribution in [1.82, 2.24) is 5.43 Å². The molecule has 0 unspecified atom stereocenters. The fourth-order valence-corrected chi connectivity index (χ4v) is 3.19. The molecule has 0 saturated heterocycles. The van der Waals surface area contributed by atoms with Crippen molar-refractivity contribution in [3.05, 3.63) is 87.4 Å². The molecule has 0 atom stereocenters. The molecule has 0 aliphatic rings. The van der Waals surface area contributed by atoms with E-state index < -0.39 is 11.8 Å². The van der Waals surface area contributed by atoms with E-state index in [1.165, 1.54) is 14.2 Å². The molecule has 0 aliphatic heterocycles. The highest BCUT2D eigenvalue weighted by atomic mass is 79.9. The first kappa shape index (κ1) is 23.0. The van der Waals surface area contributed by atoms with E-state index in [-0.39, 0.29) is 5.56 Å². The highest BCUT2D eigenvalue weighted by Gasteiger charge is 2.16. The summed E-state index contributed by atoms with van der Waals surface area (Å²) in [4.78, 5) is 25.6. The second-order valence-electron chi connectivity index (χ2n) is 6.86. The first-order valence-electron chi connectivity index (χ1n) is 9.63. The lowest BCUT2D eigenvalue weighted by Crippen LogP contribution is -2.21. The van der Waals surface area contributed by atoms with Crippen LogP contribution in [0.5, 0.6) is 11.5 Å². The molecule has 0 heterocycles. The van der Waals surface area contributed by atoms with Crippen LogP contribution >= 0.6 is 15.9 Å². The van der Waals surface area contributed by atoms with Crippen molar-refractivity contribution in [2.24, 2.45) is 5.10 Å². The fraction of sp³-hybridized carbons (Fsp3) is 0.125. The molecule has 32 heavy (non-hydrogen) atoms. The van der Waals surface area contributed by atoms with Crippen LogP contribution < -0.4 is 20.2 Å². The van der Waals surface area contributed by atoms with Crippen LogP contribution in [0.25, 0.3) is 0 Å². The zero-order valence-corrected chi connectivity index (χ0v) is 19.4. The molecular weight excluding hydrogens is 474 g/mol. The van der Waals surface area contributed by atoms with Crippen molar-refractivity contribution in [2.45, 2.75) is 6.92 Å². The Morgan fingerprint density at radius 3 is 2.19 bits per heavy atom. The van der Waals surface area contributed by atoms with Gasteiger partial charge in [0.05, 0.1) is 31.7 Å². The molecule has 3 rings (SSSR count). The third-order valence-corrected chi connectivity index (χ3v) is 5.04. The fourth-order valence-electron chi connectivity index (χ4n) is 2.82. The van der Waals surface area contributed by atoms with Crippen LogP contribution in [0, 0.1) is 6.92 Å². The molecule has 0 spiro atoms. The van der Waals surface area contributed by atoms with E-state index >= 15 is 0 Å². The number of hydrazone groups is 1. The molecule has 2 N–H and O–H groups in total. The Balaban J connectivity index is 1.79. The summed E-state index contributed by atoms with van der Waals surface area (Å²) < 4.78 is 11.1. The monoisotopic (exact) mass is 495 g/mol. The van der Waals surface area contributed by atoms with Gasteiger partial charge in [0.25, 0.3) is 11.8 Å². The lowest BCUT2D eigenvalue weighted by atomic mass is 10.1. The number of halogens is 1. The van der Waals surface area contributed by atoms with Crippen LogP contribution in [-0.2, 0) is 0 Å². The number of hydrogen-bond acceptors (Lipinski definition) is 5. The highest BCUT2D eigenvalue weighted by Crippen LogP contribution is 2.25. The lowest BCUT2D eigenvalue weighted by molar-refractivity contribution is 0.0956. The van der Waals surface area contributed by atoms with E-state index in [2.05, 4.69) is 31.8 Å². The average Bonchev–Trinajstić information content (AvgIpc) is 2.80. The number of aryl methyl sites for hydroxylation is 1. The number of carbonyl (C=O) groups excluding carboxylic acids is 2. The van der Waals surface area contributed by atoms with Crippen LogP contribution in [0.4, 0.5) is 5.69 Å². The maximum absolute atomic E-state index is 12.8. The van der Waals surface area contributed by atoms with E-state index in [1.54, 1.807) is 42.6 Å². The molecule has 8 heteroatoms. The van der Waals surface area contributed by atoms with Gasteiger partial charge in [-0.15, -0.1) is 0 Å². The second-order valence-corrected chi connectivity index (χ2v) is 7.77. The third kappa shape index (κ3) is 5.95. The number of benzene rings is 3. The summed E-state index contributed by atoms with van der Waals surface area (Å²) in [6.45, 7) is 1.99. The summed E-state index contributed by atoms with van der Waals surface area (Å²) in [6, 6.07) is 17.5. The number of anilines is 1.